The molecule has 0 aliphatic carbocycles. The number of nitrogens with one attached hydrogen (secondary N) is 1. The topological polar surface area (TPSA) is 42.7 Å². The van der Waals surface area contributed by atoms with Gasteiger partial charge in [-0.1, -0.05) is 23.7 Å². The summed E-state index contributed by atoms with van der Waals surface area (Å²) in [6, 6.07) is 5.05. The third-order valence-electron chi connectivity index (χ3n) is 3.23. The molecular weight excluding hydrogens is 279 g/mol. The van der Waals surface area contributed by atoms with Crippen LogP contribution in [0.1, 0.15) is 37.3 Å². The lowest BCUT2D eigenvalue weighted by Crippen LogP contribution is -2.22. The quantitative estimate of drug-likeness (QED) is 0.921. The Morgan fingerprint density at radius 1 is 1.40 bits per heavy atom. The van der Waals surface area contributed by atoms with Crippen LogP contribution in [0.2, 0.25) is 5.02 Å². The van der Waals surface area contributed by atoms with Gasteiger partial charge in [-0.25, -0.2) is 14.1 Å². The Labute approximate surface area is 123 Å². The van der Waals surface area contributed by atoms with Gasteiger partial charge in [0.25, 0.3) is 0 Å². The van der Waals surface area contributed by atoms with E-state index in [0.717, 1.165) is 5.82 Å². The number of likely N-dealkylation sites (N-methyl/N-ethyl adjacent to an activating group) is 1. The molecule has 108 valence electrons. The van der Waals surface area contributed by atoms with E-state index in [9.17, 15) is 4.39 Å². The van der Waals surface area contributed by atoms with Crippen molar-refractivity contribution in [2.75, 3.05) is 7.05 Å². The lowest BCUT2D eigenvalue weighted by Gasteiger charge is -2.18. The minimum atomic E-state index is -0.385. The molecule has 0 bridgehead atoms. The number of benzene rings is 1. The maximum Gasteiger partial charge on any atom is 0.146 e. The predicted octanol–water partition coefficient (Wildman–Crippen LogP) is 3.15. The van der Waals surface area contributed by atoms with E-state index in [1.807, 2.05) is 18.5 Å². The normalized spacial score (nSPS) is 12.9. The molecule has 1 aromatic carbocycles. The minimum Gasteiger partial charge on any atom is -0.313 e. The molecule has 1 N–H and O–H groups in total. The average molecular weight is 297 g/mol. The molecule has 4 nitrogen and oxygen atoms in total. The Morgan fingerprint density at radius 3 is 2.80 bits per heavy atom. The van der Waals surface area contributed by atoms with Crippen molar-refractivity contribution in [2.45, 2.75) is 32.4 Å². The fourth-order valence-corrected chi connectivity index (χ4v) is 2.37. The summed E-state index contributed by atoms with van der Waals surface area (Å²) >= 11 is 5.84. The second-order valence-electron chi connectivity index (χ2n) is 4.90. The van der Waals surface area contributed by atoms with Crippen LogP contribution in [0.4, 0.5) is 4.39 Å². The van der Waals surface area contributed by atoms with Crippen LogP contribution >= 0.6 is 11.6 Å². The summed E-state index contributed by atoms with van der Waals surface area (Å²) in [5.41, 5.74) is 0.540. The zero-order valence-corrected chi connectivity index (χ0v) is 12.5. The Bertz CT molecular complexity index is 582. The van der Waals surface area contributed by atoms with Crippen LogP contribution in [0.15, 0.2) is 24.5 Å². The van der Waals surface area contributed by atoms with Crippen LogP contribution in [0.3, 0.4) is 0 Å². The number of nitrogens with zero attached hydrogens (tertiary/aromatic N) is 3. The second-order valence-corrected chi connectivity index (χ2v) is 5.31. The number of aromatic nitrogens is 3. The van der Waals surface area contributed by atoms with E-state index in [1.165, 1.54) is 6.33 Å². The van der Waals surface area contributed by atoms with Gasteiger partial charge in [0.1, 0.15) is 18.0 Å². The van der Waals surface area contributed by atoms with Crippen molar-refractivity contribution >= 4 is 11.6 Å². The molecule has 0 radical (unpaired) electrons. The maximum atomic E-state index is 14.1. The molecular formula is C14H18ClFN4. The molecule has 1 heterocycles. The van der Waals surface area contributed by atoms with Gasteiger partial charge in [0, 0.05) is 24.1 Å². The van der Waals surface area contributed by atoms with E-state index >= 15 is 0 Å². The monoisotopic (exact) mass is 296 g/mol. The Balaban J connectivity index is 2.29. The van der Waals surface area contributed by atoms with Crippen LogP contribution in [0.25, 0.3) is 0 Å². The average Bonchev–Trinajstić information content (AvgIpc) is 2.88. The van der Waals surface area contributed by atoms with Crippen molar-refractivity contribution in [3.63, 3.8) is 0 Å². The first-order valence-corrected chi connectivity index (χ1v) is 6.92. The van der Waals surface area contributed by atoms with Gasteiger partial charge in [0.15, 0.2) is 0 Å². The molecule has 1 unspecified atom stereocenters. The molecule has 0 saturated carbocycles. The van der Waals surface area contributed by atoms with Crippen molar-refractivity contribution in [3.8, 4) is 0 Å². The molecule has 1 aromatic heterocycles. The van der Waals surface area contributed by atoms with Gasteiger partial charge in [-0.3, -0.25) is 0 Å². The summed E-state index contributed by atoms with van der Waals surface area (Å²) in [6.45, 7) is 4.07. The fourth-order valence-electron chi connectivity index (χ4n) is 2.19. The van der Waals surface area contributed by atoms with Crippen LogP contribution in [0.5, 0.6) is 0 Å². The van der Waals surface area contributed by atoms with E-state index in [1.54, 1.807) is 25.2 Å². The molecule has 0 amide bonds. The molecule has 2 aromatic rings. The number of hydrogen-bond acceptors (Lipinski definition) is 3. The SMILES string of the molecule is CNC(Cc1ncnn1C(C)C)c1cccc(Cl)c1F. The van der Waals surface area contributed by atoms with Crippen LogP contribution in [0, 0.1) is 5.82 Å². The molecule has 20 heavy (non-hydrogen) atoms. The molecule has 1 atom stereocenters. The van der Waals surface area contributed by atoms with Crippen LogP contribution in [-0.2, 0) is 6.42 Å². The Hall–Kier alpha value is -1.46. The summed E-state index contributed by atoms with van der Waals surface area (Å²) in [6.07, 6.45) is 2.07. The van der Waals surface area contributed by atoms with Gasteiger partial charge in [0.05, 0.1) is 5.02 Å². The number of hydrogen-bond donors (Lipinski definition) is 1. The highest BCUT2D eigenvalue weighted by molar-refractivity contribution is 6.30. The van der Waals surface area contributed by atoms with Crippen molar-refractivity contribution in [2.24, 2.45) is 0 Å². The largest absolute Gasteiger partial charge is 0.313 e. The van der Waals surface area contributed by atoms with Crippen molar-refractivity contribution in [1.82, 2.24) is 20.1 Å². The zero-order valence-electron chi connectivity index (χ0n) is 11.8. The van der Waals surface area contributed by atoms with E-state index in [0.29, 0.717) is 12.0 Å². The third kappa shape index (κ3) is 2.99. The summed E-state index contributed by atoms with van der Waals surface area (Å²) in [5, 5.41) is 7.44. The molecule has 6 heteroatoms. The van der Waals surface area contributed by atoms with E-state index in [2.05, 4.69) is 15.4 Å². The summed E-state index contributed by atoms with van der Waals surface area (Å²) in [5.74, 6) is 0.433. The van der Waals surface area contributed by atoms with Crippen molar-refractivity contribution in [3.05, 3.63) is 46.8 Å². The van der Waals surface area contributed by atoms with Crippen LogP contribution in [-0.4, -0.2) is 21.8 Å². The predicted molar refractivity (Wildman–Crippen MR) is 77.3 cm³/mol. The first-order chi connectivity index (χ1) is 9.54. The molecule has 0 saturated heterocycles. The van der Waals surface area contributed by atoms with Gasteiger partial charge in [0.2, 0.25) is 0 Å². The summed E-state index contributed by atoms with van der Waals surface area (Å²) in [7, 11) is 1.79. The molecule has 0 aliphatic heterocycles. The highest BCUT2D eigenvalue weighted by atomic mass is 35.5. The first kappa shape index (κ1) is 14.9. The number of rotatable bonds is 5. The standard InChI is InChI=1S/C14H18ClFN4/c1-9(2)20-13(18-8-19-20)7-12(17-3)10-5-4-6-11(15)14(10)16/h4-6,8-9,12,17H,7H2,1-3H3. The third-order valence-corrected chi connectivity index (χ3v) is 3.52. The van der Waals surface area contributed by atoms with Gasteiger partial charge in [-0.05, 0) is 27.0 Å². The highest BCUT2D eigenvalue weighted by Gasteiger charge is 2.19. The second kappa shape index (κ2) is 6.33. The highest BCUT2D eigenvalue weighted by Crippen LogP contribution is 2.25. The van der Waals surface area contributed by atoms with Gasteiger partial charge >= 0.3 is 0 Å². The minimum absolute atomic E-state index is 0.132. The van der Waals surface area contributed by atoms with E-state index in [-0.39, 0.29) is 22.9 Å². The summed E-state index contributed by atoms with van der Waals surface area (Å²) in [4.78, 5) is 4.26. The van der Waals surface area contributed by atoms with Gasteiger partial charge < -0.3 is 5.32 Å². The van der Waals surface area contributed by atoms with Gasteiger partial charge in [-0.2, -0.15) is 5.10 Å². The van der Waals surface area contributed by atoms with Crippen LogP contribution < -0.4 is 5.32 Å². The molecule has 0 aliphatic rings. The van der Waals surface area contributed by atoms with E-state index < -0.39 is 0 Å². The Morgan fingerprint density at radius 2 is 2.15 bits per heavy atom. The zero-order chi connectivity index (χ0) is 14.7. The fraction of sp³-hybridized carbons (Fsp3) is 0.429. The maximum absolute atomic E-state index is 14.1. The first-order valence-electron chi connectivity index (χ1n) is 6.54. The molecule has 0 fully saturated rings. The molecule has 2 rings (SSSR count). The lowest BCUT2D eigenvalue weighted by atomic mass is 10.0. The smallest absolute Gasteiger partial charge is 0.146 e. The Kier molecular flexibility index (Phi) is 4.73. The van der Waals surface area contributed by atoms with Crippen molar-refractivity contribution < 1.29 is 4.39 Å². The van der Waals surface area contributed by atoms with E-state index in [4.69, 9.17) is 11.6 Å². The van der Waals surface area contributed by atoms with Gasteiger partial charge in [-0.15, -0.1) is 0 Å². The summed E-state index contributed by atoms with van der Waals surface area (Å²) < 4.78 is 16.0. The lowest BCUT2D eigenvalue weighted by molar-refractivity contribution is 0.468. The number of halogens is 2. The molecule has 0 spiro atoms. The van der Waals surface area contributed by atoms with Crippen molar-refractivity contribution in [1.29, 1.82) is 0 Å².